The highest BCUT2D eigenvalue weighted by Crippen LogP contribution is 2.31. The van der Waals surface area contributed by atoms with Gasteiger partial charge in [-0.3, -0.25) is 9.36 Å². The summed E-state index contributed by atoms with van der Waals surface area (Å²) in [4.78, 5) is 25.9. The fraction of sp³-hybridized carbons (Fsp3) is 0.375. The second kappa shape index (κ2) is 12.8. The molecule has 0 aliphatic heterocycles. The Bertz CT molecular complexity index is 1570. The zero-order chi connectivity index (χ0) is 31.5. The number of rotatable bonds is 11. The Balaban J connectivity index is 1.95. The Morgan fingerprint density at radius 3 is 2.31 bits per heavy atom. The van der Waals surface area contributed by atoms with Gasteiger partial charge in [0.2, 0.25) is 15.9 Å². The Hall–Kier alpha value is -3.41. The highest BCUT2D eigenvalue weighted by Gasteiger charge is 2.39. The molecule has 42 heavy (non-hydrogen) atoms. The number of alkyl halides is 6. The average Bonchev–Trinajstić information content (AvgIpc) is 3.20. The number of carbonyl (C=O) groups excluding carboxylic acids is 1. The van der Waals surface area contributed by atoms with E-state index in [-0.39, 0.29) is 27.7 Å². The van der Waals surface area contributed by atoms with Crippen LogP contribution >= 0.6 is 11.6 Å². The molecule has 3 aromatic rings. The average molecular weight is 644 g/mol. The standard InChI is InChI=1S/C24H24ClF6N5O5S/c1-2-42(40,41)32-11-18(15-4-3-5-16(10-15)23(26,27)28)33-20(38)13-36-22(39)35(12-19(37)24(29,30)31)21(34-36)14-6-8-17(25)9-7-14/h3-10,18-19,32,37H,2,11-13H2,1H3,(H,33,38). The van der Waals surface area contributed by atoms with Gasteiger partial charge in [-0.2, -0.15) is 26.3 Å². The van der Waals surface area contributed by atoms with Crippen molar-refractivity contribution in [2.75, 3.05) is 12.3 Å². The van der Waals surface area contributed by atoms with Gasteiger partial charge >= 0.3 is 18.0 Å². The molecule has 0 saturated carbocycles. The Kier molecular flexibility index (Phi) is 10.1. The van der Waals surface area contributed by atoms with Crippen LogP contribution < -0.4 is 15.7 Å². The van der Waals surface area contributed by atoms with Crippen LogP contribution in [0.3, 0.4) is 0 Å². The molecular formula is C24H24ClF6N5O5S. The molecule has 0 radical (unpaired) electrons. The number of aliphatic hydroxyl groups is 1. The van der Waals surface area contributed by atoms with Gasteiger partial charge < -0.3 is 10.4 Å². The molecule has 0 bridgehead atoms. The normalized spacial score (nSPS) is 14.0. The predicted octanol–water partition coefficient (Wildman–Crippen LogP) is 3.10. The van der Waals surface area contributed by atoms with Crippen molar-refractivity contribution in [1.82, 2.24) is 24.4 Å². The van der Waals surface area contributed by atoms with Crippen LogP contribution in [0.4, 0.5) is 26.3 Å². The van der Waals surface area contributed by atoms with Crippen LogP contribution in [0.25, 0.3) is 11.4 Å². The highest BCUT2D eigenvalue weighted by molar-refractivity contribution is 7.89. The van der Waals surface area contributed by atoms with E-state index in [1.54, 1.807) is 0 Å². The third-order valence-electron chi connectivity index (χ3n) is 5.89. The van der Waals surface area contributed by atoms with Crippen molar-refractivity contribution >= 4 is 27.5 Å². The van der Waals surface area contributed by atoms with Gasteiger partial charge in [0.15, 0.2) is 11.9 Å². The van der Waals surface area contributed by atoms with Crippen molar-refractivity contribution in [2.45, 2.75) is 44.5 Å². The lowest BCUT2D eigenvalue weighted by Crippen LogP contribution is -2.41. The first-order chi connectivity index (χ1) is 19.4. The number of aliphatic hydroxyl groups excluding tert-OH is 1. The summed E-state index contributed by atoms with van der Waals surface area (Å²) in [6.45, 7) is -1.41. The summed E-state index contributed by atoms with van der Waals surface area (Å²) in [5.74, 6) is -1.72. The highest BCUT2D eigenvalue weighted by atomic mass is 35.5. The molecule has 1 heterocycles. The Labute approximate surface area is 240 Å². The number of aromatic nitrogens is 3. The van der Waals surface area contributed by atoms with Gasteiger partial charge in [-0.15, -0.1) is 5.10 Å². The van der Waals surface area contributed by atoms with Crippen molar-refractivity contribution in [3.63, 3.8) is 0 Å². The van der Waals surface area contributed by atoms with E-state index in [0.717, 1.165) is 12.1 Å². The maximum Gasteiger partial charge on any atom is 0.416 e. The lowest BCUT2D eigenvalue weighted by atomic mass is 10.0. The molecule has 10 nitrogen and oxygen atoms in total. The molecule has 1 amide bonds. The number of sulfonamides is 1. The summed E-state index contributed by atoms with van der Waals surface area (Å²) in [5, 5.41) is 16.1. The molecule has 2 aromatic carbocycles. The van der Waals surface area contributed by atoms with Gasteiger partial charge in [-0.1, -0.05) is 23.7 Å². The summed E-state index contributed by atoms with van der Waals surface area (Å²) in [5.41, 5.74) is -2.27. The van der Waals surface area contributed by atoms with Crippen molar-refractivity contribution in [1.29, 1.82) is 0 Å². The molecule has 0 saturated heterocycles. The van der Waals surface area contributed by atoms with Gasteiger partial charge in [0.1, 0.15) is 6.54 Å². The number of hydrogen-bond acceptors (Lipinski definition) is 6. The number of halogens is 7. The summed E-state index contributed by atoms with van der Waals surface area (Å²) in [7, 11) is -3.84. The quantitative estimate of drug-likeness (QED) is 0.275. The Morgan fingerprint density at radius 1 is 1.10 bits per heavy atom. The monoisotopic (exact) mass is 643 g/mol. The molecule has 230 valence electrons. The number of hydrogen-bond donors (Lipinski definition) is 3. The topological polar surface area (TPSA) is 135 Å². The summed E-state index contributed by atoms with van der Waals surface area (Å²) >= 11 is 5.84. The largest absolute Gasteiger partial charge is 0.416 e. The third-order valence-corrected chi connectivity index (χ3v) is 7.51. The molecule has 18 heteroatoms. The summed E-state index contributed by atoms with van der Waals surface area (Å²) in [6, 6.07) is 7.84. The van der Waals surface area contributed by atoms with E-state index in [9.17, 15) is 49.5 Å². The fourth-order valence-electron chi connectivity index (χ4n) is 3.67. The molecule has 0 aliphatic rings. The third kappa shape index (κ3) is 8.56. The van der Waals surface area contributed by atoms with E-state index in [2.05, 4.69) is 15.1 Å². The predicted molar refractivity (Wildman–Crippen MR) is 139 cm³/mol. The first-order valence-electron chi connectivity index (χ1n) is 12.0. The minimum atomic E-state index is -5.08. The van der Waals surface area contributed by atoms with Crippen LogP contribution in [-0.4, -0.2) is 58.4 Å². The number of amides is 1. The van der Waals surface area contributed by atoms with Crippen LogP contribution in [0.5, 0.6) is 0 Å². The van der Waals surface area contributed by atoms with Gasteiger partial charge in [0.25, 0.3) is 0 Å². The molecular weight excluding hydrogens is 620 g/mol. The van der Waals surface area contributed by atoms with Crippen LogP contribution in [0, 0.1) is 0 Å². The molecule has 0 aliphatic carbocycles. The lowest BCUT2D eigenvalue weighted by molar-refractivity contribution is -0.207. The molecule has 3 N–H and O–H groups in total. The molecule has 3 rings (SSSR count). The number of benzene rings is 2. The van der Waals surface area contributed by atoms with E-state index >= 15 is 0 Å². The van der Waals surface area contributed by atoms with Crippen LogP contribution in [-0.2, 0) is 34.1 Å². The maximum atomic E-state index is 13.3. The van der Waals surface area contributed by atoms with Gasteiger partial charge in [-0.05, 0) is 48.9 Å². The van der Waals surface area contributed by atoms with Crippen LogP contribution in [0.15, 0.2) is 53.3 Å². The minimum Gasteiger partial charge on any atom is -0.382 e. The first-order valence-corrected chi connectivity index (χ1v) is 14.1. The fourth-order valence-corrected chi connectivity index (χ4v) is 4.42. The second-order valence-corrected chi connectivity index (χ2v) is 11.5. The summed E-state index contributed by atoms with van der Waals surface area (Å²) in [6.07, 6.45) is -12.8. The van der Waals surface area contributed by atoms with Crippen LogP contribution in [0.2, 0.25) is 5.02 Å². The number of carbonyl (C=O) groups is 1. The van der Waals surface area contributed by atoms with Gasteiger partial charge in [-0.25, -0.2) is 22.6 Å². The number of nitrogens with one attached hydrogen (secondary N) is 2. The van der Waals surface area contributed by atoms with E-state index in [1.165, 1.54) is 37.3 Å². The van der Waals surface area contributed by atoms with Crippen molar-refractivity contribution in [3.05, 3.63) is 75.2 Å². The van der Waals surface area contributed by atoms with Crippen molar-refractivity contribution < 1.29 is 44.7 Å². The van der Waals surface area contributed by atoms with Gasteiger partial charge in [0, 0.05) is 17.1 Å². The van der Waals surface area contributed by atoms with E-state index in [4.69, 9.17) is 11.6 Å². The zero-order valence-electron chi connectivity index (χ0n) is 21.6. The smallest absolute Gasteiger partial charge is 0.382 e. The molecule has 0 fully saturated rings. The summed E-state index contributed by atoms with van der Waals surface area (Å²) < 4.78 is 106. The lowest BCUT2D eigenvalue weighted by Gasteiger charge is -2.21. The van der Waals surface area contributed by atoms with E-state index in [1.807, 2.05) is 0 Å². The molecule has 1 aromatic heterocycles. The maximum absolute atomic E-state index is 13.3. The second-order valence-electron chi connectivity index (χ2n) is 8.93. The van der Waals surface area contributed by atoms with E-state index in [0.29, 0.717) is 15.3 Å². The zero-order valence-corrected chi connectivity index (χ0v) is 23.2. The Morgan fingerprint density at radius 2 is 1.74 bits per heavy atom. The number of nitrogens with zero attached hydrogens (tertiary/aromatic N) is 3. The minimum absolute atomic E-state index is 0.120. The molecule has 0 spiro atoms. The molecule has 2 atom stereocenters. The van der Waals surface area contributed by atoms with Crippen molar-refractivity contribution in [2.24, 2.45) is 0 Å². The van der Waals surface area contributed by atoms with Crippen LogP contribution in [0.1, 0.15) is 24.1 Å². The SMILES string of the molecule is CCS(=O)(=O)NCC(NC(=O)Cn1nc(-c2ccc(Cl)cc2)n(CC(O)C(F)(F)F)c1=O)c1cccc(C(F)(F)F)c1. The van der Waals surface area contributed by atoms with Gasteiger partial charge in [0.05, 0.1) is 23.9 Å². The first kappa shape index (κ1) is 33.1. The molecule has 2 unspecified atom stereocenters. The van der Waals surface area contributed by atoms with Crippen molar-refractivity contribution in [3.8, 4) is 11.4 Å². The van der Waals surface area contributed by atoms with E-state index < -0.39 is 71.3 Å².